The highest BCUT2D eigenvalue weighted by Gasteiger charge is 2.28. The van der Waals surface area contributed by atoms with Crippen molar-refractivity contribution in [3.05, 3.63) is 34.3 Å². The molecule has 1 saturated carbocycles. The summed E-state index contributed by atoms with van der Waals surface area (Å²) in [5.41, 5.74) is 7.60. The largest absolute Gasteiger partial charge is 0.326 e. The Morgan fingerprint density at radius 2 is 2.05 bits per heavy atom. The molecule has 2 unspecified atom stereocenters. The Bertz CT molecular complexity index is 401. The maximum absolute atomic E-state index is 6.29. The molecular formula is C16H25BrN2. The number of hydrogen-bond donors (Lipinski definition) is 1. The number of hydrogen-bond acceptors (Lipinski definition) is 2. The Balaban J connectivity index is 2.19. The summed E-state index contributed by atoms with van der Waals surface area (Å²) < 4.78 is 1.17. The van der Waals surface area contributed by atoms with Gasteiger partial charge in [-0.15, -0.1) is 0 Å². The Labute approximate surface area is 125 Å². The van der Waals surface area contributed by atoms with Gasteiger partial charge < -0.3 is 5.73 Å². The maximum Gasteiger partial charge on any atom is 0.0507 e. The van der Waals surface area contributed by atoms with Gasteiger partial charge in [-0.05, 0) is 43.9 Å². The molecule has 0 spiro atoms. The molecule has 0 amide bonds. The van der Waals surface area contributed by atoms with Crippen molar-refractivity contribution < 1.29 is 0 Å². The minimum atomic E-state index is 0.138. The fourth-order valence-corrected chi connectivity index (χ4v) is 3.49. The minimum absolute atomic E-state index is 0.138. The monoisotopic (exact) mass is 324 g/mol. The number of halogens is 1. The van der Waals surface area contributed by atoms with E-state index in [0.29, 0.717) is 6.04 Å². The second-order valence-corrected chi connectivity index (χ2v) is 6.56. The molecular weight excluding hydrogens is 300 g/mol. The van der Waals surface area contributed by atoms with Crippen LogP contribution in [0.5, 0.6) is 0 Å². The highest BCUT2D eigenvalue weighted by atomic mass is 79.9. The summed E-state index contributed by atoms with van der Waals surface area (Å²) in [6, 6.07) is 8.92. The van der Waals surface area contributed by atoms with Crippen molar-refractivity contribution in [2.75, 3.05) is 13.1 Å². The molecule has 0 aromatic heterocycles. The first-order valence-electron chi connectivity index (χ1n) is 7.37. The Morgan fingerprint density at radius 3 is 2.53 bits per heavy atom. The SMILES string of the molecule is CCN(CC1CCC1)C(c1ccccc1Br)C(C)N. The lowest BCUT2D eigenvalue weighted by Crippen LogP contribution is -2.43. The number of nitrogens with two attached hydrogens (primary N) is 1. The van der Waals surface area contributed by atoms with E-state index in [-0.39, 0.29) is 6.04 Å². The van der Waals surface area contributed by atoms with Crippen molar-refractivity contribution in [1.29, 1.82) is 0 Å². The molecule has 0 saturated heterocycles. The van der Waals surface area contributed by atoms with Gasteiger partial charge >= 0.3 is 0 Å². The van der Waals surface area contributed by atoms with E-state index in [1.165, 1.54) is 35.8 Å². The van der Waals surface area contributed by atoms with Crippen molar-refractivity contribution in [1.82, 2.24) is 4.90 Å². The number of benzene rings is 1. The summed E-state index contributed by atoms with van der Waals surface area (Å²) >= 11 is 3.68. The van der Waals surface area contributed by atoms with Gasteiger partial charge in [-0.3, -0.25) is 4.90 Å². The summed E-state index contributed by atoms with van der Waals surface area (Å²) in [5.74, 6) is 0.878. The van der Waals surface area contributed by atoms with Gasteiger partial charge in [0, 0.05) is 17.1 Å². The zero-order valence-corrected chi connectivity index (χ0v) is 13.6. The van der Waals surface area contributed by atoms with E-state index in [2.05, 4.69) is 58.9 Å². The molecule has 1 aromatic rings. The molecule has 3 heteroatoms. The van der Waals surface area contributed by atoms with Crippen LogP contribution in [0.25, 0.3) is 0 Å². The lowest BCUT2D eigenvalue weighted by atomic mass is 9.84. The summed E-state index contributed by atoms with van der Waals surface area (Å²) in [6.45, 7) is 6.60. The summed E-state index contributed by atoms with van der Waals surface area (Å²) in [5, 5.41) is 0. The average Bonchev–Trinajstić information content (AvgIpc) is 2.33. The number of likely N-dealkylation sites (N-methyl/N-ethyl adjacent to an activating group) is 1. The quantitative estimate of drug-likeness (QED) is 0.858. The zero-order chi connectivity index (χ0) is 13.8. The third-order valence-corrected chi connectivity index (χ3v) is 4.96. The van der Waals surface area contributed by atoms with Crippen molar-refractivity contribution in [3.8, 4) is 0 Å². The van der Waals surface area contributed by atoms with E-state index in [0.717, 1.165) is 12.5 Å². The van der Waals surface area contributed by atoms with E-state index in [9.17, 15) is 0 Å². The van der Waals surface area contributed by atoms with Gasteiger partial charge in [-0.2, -0.15) is 0 Å². The highest BCUT2D eigenvalue weighted by molar-refractivity contribution is 9.10. The van der Waals surface area contributed by atoms with Gasteiger partial charge in [0.2, 0.25) is 0 Å². The Hall–Kier alpha value is -0.380. The molecule has 2 atom stereocenters. The molecule has 1 aromatic carbocycles. The minimum Gasteiger partial charge on any atom is -0.326 e. The van der Waals surface area contributed by atoms with Gasteiger partial charge in [0.05, 0.1) is 6.04 Å². The van der Waals surface area contributed by atoms with Crippen LogP contribution >= 0.6 is 15.9 Å². The van der Waals surface area contributed by atoms with Crippen molar-refractivity contribution in [2.24, 2.45) is 11.7 Å². The van der Waals surface area contributed by atoms with E-state index < -0.39 is 0 Å². The van der Waals surface area contributed by atoms with E-state index in [1.54, 1.807) is 0 Å². The van der Waals surface area contributed by atoms with Crippen LogP contribution in [0.3, 0.4) is 0 Å². The lowest BCUT2D eigenvalue weighted by Gasteiger charge is -2.39. The first-order valence-corrected chi connectivity index (χ1v) is 8.16. The second kappa shape index (κ2) is 6.87. The van der Waals surface area contributed by atoms with Crippen LogP contribution in [0, 0.1) is 5.92 Å². The Kier molecular flexibility index (Phi) is 5.43. The molecule has 1 fully saturated rings. The number of rotatable bonds is 6. The lowest BCUT2D eigenvalue weighted by molar-refractivity contribution is 0.125. The van der Waals surface area contributed by atoms with Crippen LogP contribution in [-0.2, 0) is 0 Å². The molecule has 19 heavy (non-hydrogen) atoms. The molecule has 2 N–H and O–H groups in total. The fraction of sp³-hybridized carbons (Fsp3) is 0.625. The van der Waals surface area contributed by atoms with E-state index in [4.69, 9.17) is 5.73 Å². The van der Waals surface area contributed by atoms with Crippen molar-refractivity contribution in [2.45, 2.75) is 45.2 Å². The third-order valence-electron chi connectivity index (χ3n) is 4.24. The van der Waals surface area contributed by atoms with Crippen LogP contribution in [-0.4, -0.2) is 24.0 Å². The van der Waals surface area contributed by atoms with Gasteiger partial charge in [0.25, 0.3) is 0 Å². The molecule has 1 aliphatic rings. The molecule has 0 heterocycles. The number of nitrogens with zero attached hydrogens (tertiary/aromatic N) is 1. The van der Waals surface area contributed by atoms with E-state index >= 15 is 0 Å². The first kappa shape index (κ1) is 15.0. The molecule has 2 rings (SSSR count). The predicted octanol–water partition coefficient (Wildman–Crippen LogP) is 3.96. The molecule has 2 nitrogen and oxygen atoms in total. The van der Waals surface area contributed by atoms with Crippen molar-refractivity contribution in [3.63, 3.8) is 0 Å². The van der Waals surface area contributed by atoms with Gasteiger partial charge in [-0.1, -0.05) is 47.5 Å². The smallest absolute Gasteiger partial charge is 0.0507 e. The zero-order valence-electron chi connectivity index (χ0n) is 12.0. The van der Waals surface area contributed by atoms with Crippen molar-refractivity contribution >= 4 is 15.9 Å². The Morgan fingerprint density at radius 1 is 1.37 bits per heavy atom. The molecule has 1 aliphatic carbocycles. The van der Waals surface area contributed by atoms with Gasteiger partial charge in [0.1, 0.15) is 0 Å². The third kappa shape index (κ3) is 3.59. The summed E-state index contributed by atoms with van der Waals surface area (Å²) in [4.78, 5) is 2.55. The molecule has 0 aliphatic heterocycles. The van der Waals surface area contributed by atoms with Gasteiger partial charge in [-0.25, -0.2) is 0 Å². The van der Waals surface area contributed by atoms with E-state index in [1.807, 2.05) is 0 Å². The summed E-state index contributed by atoms with van der Waals surface area (Å²) in [6.07, 6.45) is 4.18. The van der Waals surface area contributed by atoms with Crippen LogP contribution in [0.4, 0.5) is 0 Å². The van der Waals surface area contributed by atoms with Crippen LogP contribution in [0.2, 0.25) is 0 Å². The van der Waals surface area contributed by atoms with Crippen LogP contribution in [0.1, 0.15) is 44.7 Å². The van der Waals surface area contributed by atoms with Gasteiger partial charge in [0.15, 0.2) is 0 Å². The van der Waals surface area contributed by atoms with Crippen LogP contribution < -0.4 is 5.73 Å². The second-order valence-electron chi connectivity index (χ2n) is 5.71. The average molecular weight is 325 g/mol. The maximum atomic E-state index is 6.29. The fourth-order valence-electron chi connectivity index (χ4n) is 2.97. The topological polar surface area (TPSA) is 29.3 Å². The first-order chi connectivity index (χ1) is 9.13. The molecule has 0 radical (unpaired) electrons. The van der Waals surface area contributed by atoms with Crippen LogP contribution in [0.15, 0.2) is 28.7 Å². The molecule has 106 valence electrons. The predicted molar refractivity (Wildman–Crippen MR) is 85.1 cm³/mol. The normalized spacial score (nSPS) is 19.2. The standard InChI is InChI=1S/C16H25BrN2/c1-3-19(11-13-7-6-8-13)16(12(2)18)14-9-4-5-10-15(14)17/h4-5,9-10,12-13,16H,3,6-8,11,18H2,1-2H3. The summed E-state index contributed by atoms with van der Waals surface area (Å²) in [7, 11) is 0. The molecule has 0 bridgehead atoms. The highest BCUT2D eigenvalue weighted by Crippen LogP contribution is 2.33.